The van der Waals surface area contributed by atoms with Gasteiger partial charge >= 0.3 is 0 Å². The van der Waals surface area contributed by atoms with Crippen LogP contribution in [0, 0.1) is 23.2 Å². The van der Waals surface area contributed by atoms with Gasteiger partial charge in [0.2, 0.25) is 0 Å². The maximum absolute atomic E-state index is 12.1. The van der Waals surface area contributed by atoms with Crippen molar-refractivity contribution in [3.8, 4) is 11.8 Å². The van der Waals surface area contributed by atoms with Crippen molar-refractivity contribution in [1.29, 1.82) is 0 Å². The maximum Gasteiger partial charge on any atom is 0.252 e. The highest BCUT2D eigenvalue weighted by Gasteiger charge is 2.20. The first-order valence-electron chi connectivity index (χ1n) is 6.76. The summed E-state index contributed by atoms with van der Waals surface area (Å²) >= 11 is 0. The SMILES string of the molecule is CC(CNC(=O)c1cncc(C#CCN)c1)C(C)(C)C. The first-order chi connectivity index (χ1) is 9.34. The molecule has 1 rings (SSSR count). The van der Waals surface area contributed by atoms with Gasteiger partial charge in [-0.2, -0.15) is 0 Å². The first kappa shape index (κ1) is 16.2. The second kappa shape index (κ2) is 7.06. The Hall–Kier alpha value is -1.86. The van der Waals surface area contributed by atoms with E-state index in [9.17, 15) is 4.79 Å². The van der Waals surface area contributed by atoms with E-state index in [2.05, 4.69) is 49.8 Å². The van der Waals surface area contributed by atoms with E-state index in [0.717, 1.165) is 0 Å². The van der Waals surface area contributed by atoms with Crippen LogP contribution < -0.4 is 11.1 Å². The van der Waals surface area contributed by atoms with Crippen molar-refractivity contribution in [2.75, 3.05) is 13.1 Å². The van der Waals surface area contributed by atoms with Crippen molar-refractivity contribution in [2.45, 2.75) is 27.7 Å². The minimum atomic E-state index is -0.120. The number of nitrogens with two attached hydrogens (primary N) is 1. The third-order valence-corrected chi connectivity index (χ3v) is 3.38. The third-order valence-electron chi connectivity index (χ3n) is 3.38. The molecule has 0 aliphatic heterocycles. The fraction of sp³-hybridized carbons (Fsp3) is 0.500. The number of hydrogen-bond donors (Lipinski definition) is 2. The number of amides is 1. The molecular formula is C16H23N3O. The van der Waals surface area contributed by atoms with Gasteiger partial charge in [-0.05, 0) is 17.4 Å². The molecule has 0 fully saturated rings. The number of carbonyl (C=O) groups is 1. The zero-order chi connectivity index (χ0) is 15.2. The van der Waals surface area contributed by atoms with Crippen LogP contribution in [0.25, 0.3) is 0 Å². The van der Waals surface area contributed by atoms with Crippen molar-refractivity contribution < 1.29 is 4.79 Å². The summed E-state index contributed by atoms with van der Waals surface area (Å²) in [4.78, 5) is 16.1. The molecule has 1 aromatic heterocycles. The Labute approximate surface area is 121 Å². The van der Waals surface area contributed by atoms with Crippen molar-refractivity contribution in [2.24, 2.45) is 17.1 Å². The highest BCUT2D eigenvalue weighted by atomic mass is 16.1. The molecule has 0 spiro atoms. The highest BCUT2D eigenvalue weighted by Crippen LogP contribution is 2.24. The second-order valence-electron chi connectivity index (χ2n) is 5.95. The summed E-state index contributed by atoms with van der Waals surface area (Å²) in [5, 5.41) is 2.94. The predicted molar refractivity (Wildman–Crippen MR) is 81.1 cm³/mol. The fourth-order valence-corrected chi connectivity index (χ4v) is 1.44. The molecule has 20 heavy (non-hydrogen) atoms. The summed E-state index contributed by atoms with van der Waals surface area (Å²) < 4.78 is 0. The lowest BCUT2D eigenvalue weighted by Crippen LogP contribution is -2.33. The lowest BCUT2D eigenvalue weighted by atomic mass is 9.82. The smallest absolute Gasteiger partial charge is 0.252 e. The summed E-state index contributed by atoms with van der Waals surface area (Å²) in [6, 6.07) is 1.73. The molecular weight excluding hydrogens is 250 g/mol. The predicted octanol–water partition coefficient (Wildman–Crippen LogP) is 1.80. The van der Waals surface area contributed by atoms with E-state index in [-0.39, 0.29) is 11.3 Å². The van der Waals surface area contributed by atoms with Crippen LogP contribution in [0.1, 0.15) is 43.6 Å². The van der Waals surface area contributed by atoms with E-state index in [1.807, 2.05) is 0 Å². The molecule has 108 valence electrons. The molecule has 0 radical (unpaired) electrons. The molecule has 1 unspecified atom stereocenters. The van der Waals surface area contributed by atoms with Gasteiger partial charge in [-0.1, -0.05) is 39.5 Å². The third kappa shape index (κ3) is 5.02. The zero-order valence-electron chi connectivity index (χ0n) is 12.7. The van der Waals surface area contributed by atoms with Gasteiger partial charge in [0.05, 0.1) is 12.1 Å². The molecule has 0 aliphatic rings. The molecule has 1 heterocycles. The van der Waals surface area contributed by atoms with Crippen molar-refractivity contribution in [3.05, 3.63) is 29.6 Å². The molecule has 0 bridgehead atoms. The lowest BCUT2D eigenvalue weighted by molar-refractivity contribution is 0.0936. The van der Waals surface area contributed by atoms with Crippen LogP contribution in [0.15, 0.2) is 18.5 Å². The Morgan fingerprint density at radius 2 is 2.15 bits per heavy atom. The van der Waals surface area contributed by atoms with Crippen LogP contribution in [0.3, 0.4) is 0 Å². The van der Waals surface area contributed by atoms with Gasteiger partial charge in [-0.3, -0.25) is 9.78 Å². The lowest BCUT2D eigenvalue weighted by Gasteiger charge is -2.27. The molecule has 4 heteroatoms. The van der Waals surface area contributed by atoms with Gasteiger partial charge in [0.15, 0.2) is 0 Å². The molecule has 0 aliphatic carbocycles. The van der Waals surface area contributed by atoms with Crippen LogP contribution >= 0.6 is 0 Å². The minimum Gasteiger partial charge on any atom is -0.352 e. The quantitative estimate of drug-likeness (QED) is 0.825. The molecule has 1 amide bonds. The van der Waals surface area contributed by atoms with Crippen molar-refractivity contribution >= 4 is 5.91 Å². The highest BCUT2D eigenvalue weighted by molar-refractivity contribution is 5.94. The molecule has 1 aromatic rings. The average molecular weight is 273 g/mol. The van der Waals surface area contributed by atoms with Crippen LogP contribution in [-0.2, 0) is 0 Å². The molecule has 1 atom stereocenters. The largest absolute Gasteiger partial charge is 0.352 e. The number of hydrogen-bond acceptors (Lipinski definition) is 3. The fourth-order valence-electron chi connectivity index (χ4n) is 1.44. The van der Waals surface area contributed by atoms with Gasteiger partial charge in [0.1, 0.15) is 0 Å². The summed E-state index contributed by atoms with van der Waals surface area (Å²) in [5.41, 5.74) is 6.71. The van der Waals surface area contributed by atoms with E-state index in [1.165, 1.54) is 0 Å². The number of nitrogens with zero attached hydrogens (tertiary/aromatic N) is 1. The summed E-state index contributed by atoms with van der Waals surface area (Å²) in [6.45, 7) is 9.54. The number of pyridine rings is 1. The van der Waals surface area contributed by atoms with Crippen LogP contribution in [0.4, 0.5) is 0 Å². The van der Waals surface area contributed by atoms with Crippen LogP contribution in [0.5, 0.6) is 0 Å². The number of aromatic nitrogens is 1. The summed E-state index contributed by atoms with van der Waals surface area (Å²) in [7, 11) is 0. The van der Waals surface area contributed by atoms with E-state index < -0.39 is 0 Å². The van der Waals surface area contributed by atoms with Crippen LogP contribution in [0.2, 0.25) is 0 Å². The normalized spacial score (nSPS) is 12.2. The molecule has 3 N–H and O–H groups in total. The first-order valence-corrected chi connectivity index (χ1v) is 6.76. The van der Waals surface area contributed by atoms with Crippen molar-refractivity contribution in [3.63, 3.8) is 0 Å². The Kier molecular flexibility index (Phi) is 5.72. The molecule has 0 saturated heterocycles. The topological polar surface area (TPSA) is 68.0 Å². The average Bonchev–Trinajstić information content (AvgIpc) is 2.41. The van der Waals surface area contributed by atoms with Gasteiger partial charge in [-0.15, -0.1) is 0 Å². The van der Waals surface area contributed by atoms with Crippen molar-refractivity contribution in [1.82, 2.24) is 10.3 Å². The van der Waals surface area contributed by atoms with Crippen LogP contribution in [-0.4, -0.2) is 24.0 Å². The van der Waals surface area contributed by atoms with Gasteiger partial charge in [0.25, 0.3) is 5.91 Å². The standard InChI is InChI=1S/C16H23N3O/c1-12(16(2,3)4)9-19-15(20)14-8-13(6-5-7-17)10-18-11-14/h8,10-12H,7,9,17H2,1-4H3,(H,19,20). The number of carbonyl (C=O) groups excluding carboxylic acids is 1. The zero-order valence-corrected chi connectivity index (χ0v) is 12.7. The van der Waals surface area contributed by atoms with E-state index in [1.54, 1.807) is 18.5 Å². The maximum atomic E-state index is 12.1. The number of rotatable bonds is 3. The summed E-state index contributed by atoms with van der Waals surface area (Å²) in [6.07, 6.45) is 3.17. The Balaban J connectivity index is 2.69. The summed E-state index contributed by atoms with van der Waals surface area (Å²) in [5.74, 6) is 5.89. The van der Waals surface area contributed by atoms with E-state index in [4.69, 9.17) is 5.73 Å². The van der Waals surface area contributed by atoms with E-state index >= 15 is 0 Å². The Morgan fingerprint density at radius 1 is 1.45 bits per heavy atom. The second-order valence-corrected chi connectivity index (χ2v) is 5.95. The van der Waals surface area contributed by atoms with Gasteiger partial charge < -0.3 is 11.1 Å². The van der Waals surface area contributed by atoms with Gasteiger partial charge in [-0.25, -0.2) is 0 Å². The molecule has 0 saturated carbocycles. The molecule has 0 aromatic carbocycles. The van der Waals surface area contributed by atoms with E-state index in [0.29, 0.717) is 30.1 Å². The Bertz CT molecular complexity index is 521. The minimum absolute atomic E-state index is 0.120. The number of nitrogens with one attached hydrogen (secondary N) is 1. The molecule has 4 nitrogen and oxygen atoms in total. The Morgan fingerprint density at radius 3 is 2.75 bits per heavy atom. The monoisotopic (exact) mass is 273 g/mol. The van der Waals surface area contributed by atoms with Gasteiger partial charge in [0, 0.05) is 24.5 Å².